The van der Waals surface area contributed by atoms with Gasteiger partial charge in [0.2, 0.25) is 0 Å². The Morgan fingerprint density at radius 2 is 1.10 bits per heavy atom. The lowest BCUT2D eigenvalue weighted by atomic mass is 10.1. The van der Waals surface area contributed by atoms with Crippen LogP contribution in [0.4, 0.5) is 0 Å². The first kappa shape index (κ1) is 12.2. The third-order valence-corrected chi connectivity index (χ3v) is 0.979. The number of rotatable bonds is 0. The zero-order chi connectivity index (χ0) is 8.24. The first-order chi connectivity index (χ1) is 5.00. The Kier molecular flexibility index (Phi) is 19.3. The molecule has 2 nitrogen and oxygen atoms in total. The Bertz CT molecular complexity index is 79.2. The van der Waals surface area contributed by atoms with Gasteiger partial charge in [0.1, 0.15) is 0 Å². The molecule has 0 saturated heterocycles. The van der Waals surface area contributed by atoms with Gasteiger partial charge in [-0.05, 0) is 12.8 Å². The molecule has 0 radical (unpaired) electrons. The molecule has 0 unspecified atom stereocenters. The van der Waals surface area contributed by atoms with Crippen molar-refractivity contribution in [1.82, 2.24) is 0 Å². The van der Waals surface area contributed by atoms with Crippen LogP contribution in [-0.2, 0) is 0 Å². The minimum Gasteiger partial charge on any atom is -0.400 e. The van der Waals surface area contributed by atoms with E-state index in [1.165, 1.54) is 12.8 Å². The van der Waals surface area contributed by atoms with E-state index in [0.29, 0.717) is 0 Å². The molecule has 0 bridgehead atoms. The van der Waals surface area contributed by atoms with Gasteiger partial charge in [-0.25, -0.2) is 0 Å². The molecule has 2 N–H and O–H groups in total. The normalized spacial score (nSPS) is 12.4. The molecule has 1 rings (SSSR count). The van der Waals surface area contributed by atoms with E-state index in [4.69, 9.17) is 10.2 Å². The summed E-state index contributed by atoms with van der Waals surface area (Å²) in [7, 11) is 2.00. The lowest BCUT2D eigenvalue weighted by molar-refractivity contribution is 0.399. The molecule has 0 heterocycles. The van der Waals surface area contributed by atoms with Crippen molar-refractivity contribution in [2.45, 2.75) is 25.7 Å². The predicted octanol–water partition coefficient (Wildman–Crippen LogP) is 0.781. The first-order valence-corrected chi connectivity index (χ1v) is 3.35. The molecular weight excluding hydrogens is 128 g/mol. The van der Waals surface area contributed by atoms with Crippen molar-refractivity contribution in [2.24, 2.45) is 0 Å². The second kappa shape index (κ2) is 15.8. The smallest absolute Gasteiger partial charge is 0.0319 e. The average Bonchev–Trinajstić information content (AvgIpc) is 2.14. The van der Waals surface area contributed by atoms with E-state index in [1.54, 1.807) is 0 Å². The van der Waals surface area contributed by atoms with Gasteiger partial charge in [0.15, 0.2) is 0 Å². The number of aliphatic hydroxyl groups excluding tert-OH is 2. The lowest BCUT2D eigenvalue weighted by Gasteiger charge is -1.92. The molecule has 10 heavy (non-hydrogen) atoms. The van der Waals surface area contributed by atoms with E-state index in [1.807, 2.05) is 0 Å². The topological polar surface area (TPSA) is 40.5 Å². The summed E-state index contributed by atoms with van der Waals surface area (Å²) < 4.78 is 0. The zero-order valence-corrected chi connectivity index (χ0v) is 6.72. The third-order valence-electron chi connectivity index (χ3n) is 0.979. The maximum absolute atomic E-state index is 7.00. The molecule has 0 atom stereocenters. The average molecular weight is 144 g/mol. The molecule has 1 aliphatic rings. The number of hydrogen-bond acceptors (Lipinski definition) is 2. The highest BCUT2D eigenvalue weighted by atomic mass is 16.2. The number of aliphatic hydroxyl groups is 2. The van der Waals surface area contributed by atoms with Crippen molar-refractivity contribution < 1.29 is 10.2 Å². The highest BCUT2D eigenvalue weighted by Gasteiger charge is 1.86. The van der Waals surface area contributed by atoms with Crippen molar-refractivity contribution in [3.63, 3.8) is 0 Å². The summed E-state index contributed by atoms with van der Waals surface area (Å²) in [4.78, 5) is 0. The SMILES string of the molecule is C1#CCCCC1.CO.CO. The fraction of sp³-hybridized carbons (Fsp3) is 0.750. The van der Waals surface area contributed by atoms with Crippen LogP contribution in [0.5, 0.6) is 0 Å². The Labute approximate surface area is 62.9 Å². The van der Waals surface area contributed by atoms with Crippen LogP contribution in [0.1, 0.15) is 25.7 Å². The highest BCUT2D eigenvalue weighted by Crippen LogP contribution is 2.01. The largest absolute Gasteiger partial charge is 0.400 e. The van der Waals surface area contributed by atoms with Gasteiger partial charge >= 0.3 is 0 Å². The standard InChI is InChI=1S/C6H8.2CH4O/c1-2-4-6-5-3-1;2*1-2/h1-4H2;2*2H,1H3. The van der Waals surface area contributed by atoms with Crippen LogP contribution < -0.4 is 0 Å². The van der Waals surface area contributed by atoms with Crippen molar-refractivity contribution in [3.8, 4) is 11.8 Å². The third kappa shape index (κ3) is 10.5. The van der Waals surface area contributed by atoms with Crippen LogP contribution in [0.2, 0.25) is 0 Å². The monoisotopic (exact) mass is 144 g/mol. The Morgan fingerprint density at radius 1 is 0.800 bits per heavy atom. The summed E-state index contributed by atoms with van der Waals surface area (Å²) in [6.45, 7) is 0. The Hall–Kier alpha value is -0.520. The van der Waals surface area contributed by atoms with Crippen LogP contribution in [0, 0.1) is 11.8 Å². The summed E-state index contributed by atoms with van der Waals surface area (Å²) in [5.74, 6) is 6.07. The van der Waals surface area contributed by atoms with Gasteiger partial charge in [-0.15, -0.1) is 11.8 Å². The van der Waals surface area contributed by atoms with Crippen molar-refractivity contribution in [2.75, 3.05) is 14.2 Å². The summed E-state index contributed by atoms with van der Waals surface area (Å²) >= 11 is 0. The van der Waals surface area contributed by atoms with Gasteiger partial charge in [0.25, 0.3) is 0 Å². The molecule has 0 spiro atoms. The fourth-order valence-electron chi connectivity index (χ4n) is 0.604. The summed E-state index contributed by atoms with van der Waals surface area (Å²) in [5, 5.41) is 14.0. The van der Waals surface area contributed by atoms with Crippen molar-refractivity contribution in [1.29, 1.82) is 0 Å². The Balaban J connectivity index is 0. The molecule has 2 heteroatoms. The van der Waals surface area contributed by atoms with Gasteiger partial charge in [-0.3, -0.25) is 0 Å². The second-order valence-corrected chi connectivity index (χ2v) is 1.56. The maximum Gasteiger partial charge on any atom is 0.0319 e. The maximum atomic E-state index is 7.00. The Morgan fingerprint density at radius 3 is 1.20 bits per heavy atom. The lowest BCUT2D eigenvalue weighted by Crippen LogP contribution is -1.77. The molecule has 0 aromatic carbocycles. The van der Waals surface area contributed by atoms with Crippen molar-refractivity contribution >= 4 is 0 Å². The van der Waals surface area contributed by atoms with Crippen molar-refractivity contribution in [3.05, 3.63) is 0 Å². The predicted molar refractivity (Wildman–Crippen MR) is 42.5 cm³/mol. The summed E-state index contributed by atoms with van der Waals surface area (Å²) in [5.41, 5.74) is 0. The van der Waals surface area contributed by atoms with Crippen LogP contribution in [0.3, 0.4) is 0 Å². The van der Waals surface area contributed by atoms with E-state index in [0.717, 1.165) is 27.1 Å². The zero-order valence-electron chi connectivity index (χ0n) is 6.72. The molecule has 0 amide bonds. The van der Waals surface area contributed by atoms with Crippen LogP contribution in [-0.4, -0.2) is 24.4 Å². The quantitative estimate of drug-likeness (QED) is 0.493. The first-order valence-electron chi connectivity index (χ1n) is 3.35. The molecule has 1 aliphatic carbocycles. The molecular formula is C8H16O2. The molecule has 0 saturated carbocycles. The van der Waals surface area contributed by atoms with E-state index in [9.17, 15) is 0 Å². The van der Waals surface area contributed by atoms with Gasteiger partial charge in [-0.2, -0.15) is 0 Å². The van der Waals surface area contributed by atoms with Gasteiger partial charge in [0.05, 0.1) is 0 Å². The van der Waals surface area contributed by atoms with E-state index >= 15 is 0 Å². The molecule has 60 valence electrons. The molecule has 0 aromatic heterocycles. The molecule has 0 aromatic rings. The van der Waals surface area contributed by atoms with Gasteiger partial charge < -0.3 is 10.2 Å². The van der Waals surface area contributed by atoms with E-state index < -0.39 is 0 Å². The number of hydrogen-bond donors (Lipinski definition) is 2. The van der Waals surface area contributed by atoms with Gasteiger partial charge in [0, 0.05) is 27.1 Å². The summed E-state index contributed by atoms with van der Waals surface area (Å²) in [6.07, 6.45) is 4.93. The van der Waals surface area contributed by atoms with Crippen LogP contribution >= 0.6 is 0 Å². The van der Waals surface area contributed by atoms with Crippen LogP contribution in [0.25, 0.3) is 0 Å². The van der Waals surface area contributed by atoms with Crippen LogP contribution in [0.15, 0.2) is 0 Å². The van der Waals surface area contributed by atoms with E-state index in [-0.39, 0.29) is 0 Å². The minimum absolute atomic E-state index is 1.00. The van der Waals surface area contributed by atoms with Gasteiger partial charge in [-0.1, -0.05) is 0 Å². The minimum atomic E-state index is 1.00. The molecule has 0 aliphatic heterocycles. The van der Waals surface area contributed by atoms with E-state index in [2.05, 4.69) is 11.8 Å². The fourth-order valence-corrected chi connectivity index (χ4v) is 0.604. The molecule has 0 fully saturated rings. The highest BCUT2D eigenvalue weighted by molar-refractivity contribution is 5.01. The second-order valence-electron chi connectivity index (χ2n) is 1.56. The summed E-state index contributed by atoms with van der Waals surface area (Å²) in [6, 6.07) is 0.